The van der Waals surface area contributed by atoms with Gasteiger partial charge in [-0.05, 0) is 19.9 Å². The zero-order chi connectivity index (χ0) is 19.3. The Balaban J connectivity index is 1.76. The van der Waals surface area contributed by atoms with Gasteiger partial charge in [0.2, 0.25) is 5.56 Å². The number of anilines is 1. The van der Waals surface area contributed by atoms with Gasteiger partial charge in [0.05, 0.1) is 19.8 Å². The maximum Gasteiger partial charge on any atom is 0.247 e. The van der Waals surface area contributed by atoms with Gasteiger partial charge < -0.3 is 23.9 Å². The molecule has 146 valence electrons. The molecule has 5 heterocycles. The van der Waals surface area contributed by atoms with E-state index in [0.717, 1.165) is 41.5 Å². The number of aromatic amines is 1. The highest BCUT2D eigenvalue weighted by Gasteiger charge is 2.34. The van der Waals surface area contributed by atoms with E-state index in [1.807, 2.05) is 13.8 Å². The Bertz CT molecular complexity index is 1080. The molecule has 0 aromatic carbocycles. The number of pyridine rings is 1. The molecule has 2 aliphatic rings. The molecule has 9 heteroatoms. The number of aromatic nitrogens is 5. The number of H-pyrrole nitrogens is 1. The van der Waals surface area contributed by atoms with E-state index in [9.17, 15) is 4.79 Å². The van der Waals surface area contributed by atoms with Crippen LogP contribution in [0.5, 0.6) is 0 Å². The van der Waals surface area contributed by atoms with Crippen LogP contribution in [-0.4, -0.2) is 57.4 Å². The maximum absolute atomic E-state index is 11.5. The van der Waals surface area contributed by atoms with Crippen LogP contribution in [0, 0.1) is 0 Å². The minimum Gasteiger partial charge on any atom is -0.378 e. The summed E-state index contributed by atoms with van der Waals surface area (Å²) in [6, 6.07) is 3.23. The van der Waals surface area contributed by atoms with E-state index in [1.165, 1.54) is 6.07 Å². The third kappa shape index (κ3) is 2.78. The van der Waals surface area contributed by atoms with Crippen LogP contribution in [0.4, 0.5) is 5.82 Å². The molecule has 2 aliphatic heterocycles. The van der Waals surface area contributed by atoms with Gasteiger partial charge in [-0.15, -0.1) is 0 Å². The van der Waals surface area contributed by atoms with Gasteiger partial charge in [-0.2, -0.15) is 0 Å². The first-order valence-electron chi connectivity index (χ1n) is 9.47. The van der Waals surface area contributed by atoms with Crippen molar-refractivity contribution >= 4 is 17.0 Å². The fraction of sp³-hybridized carbons (Fsp3) is 0.474. The molecule has 0 saturated carbocycles. The van der Waals surface area contributed by atoms with Crippen LogP contribution in [0.3, 0.4) is 0 Å². The van der Waals surface area contributed by atoms with Crippen molar-refractivity contribution in [3.8, 4) is 11.4 Å². The molecule has 0 unspecified atom stereocenters. The molecule has 0 bridgehead atoms. The maximum atomic E-state index is 11.5. The lowest BCUT2D eigenvalue weighted by Gasteiger charge is -2.30. The Labute approximate surface area is 161 Å². The number of morpholine rings is 1. The van der Waals surface area contributed by atoms with Gasteiger partial charge in [-0.25, -0.2) is 15.0 Å². The van der Waals surface area contributed by atoms with Gasteiger partial charge >= 0.3 is 0 Å². The summed E-state index contributed by atoms with van der Waals surface area (Å²) >= 11 is 0. The summed E-state index contributed by atoms with van der Waals surface area (Å²) in [6.07, 6.45) is 1.65. The molecule has 5 rings (SSSR count). The van der Waals surface area contributed by atoms with Crippen molar-refractivity contribution in [2.24, 2.45) is 0 Å². The highest BCUT2D eigenvalue weighted by molar-refractivity contribution is 5.86. The van der Waals surface area contributed by atoms with Crippen molar-refractivity contribution in [1.82, 2.24) is 24.5 Å². The average molecular weight is 382 g/mol. The number of ether oxygens (including phenoxy) is 2. The zero-order valence-corrected chi connectivity index (χ0v) is 15.9. The van der Waals surface area contributed by atoms with Crippen molar-refractivity contribution in [3.63, 3.8) is 0 Å². The number of rotatable bonds is 2. The second kappa shape index (κ2) is 6.39. The summed E-state index contributed by atoms with van der Waals surface area (Å²) in [7, 11) is 0. The van der Waals surface area contributed by atoms with E-state index in [0.29, 0.717) is 32.2 Å². The fourth-order valence-electron chi connectivity index (χ4n) is 3.79. The zero-order valence-electron chi connectivity index (χ0n) is 15.9. The first kappa shape index (κ1) is 17.3. The molecule has 0 spiro atoms. The molecule has 9 nitrogen and oxygen atoms in total. The molecular formula is C19H22N6O3. The van der Waals surface area contributed by atoms with Crippen molar-refractivity contribution in [2.45, 2.75) is 26.0 Å². The van der Waals surface area contributed by atoms with Crippen molar-refractivity contribution in [3.05, 3.63) is 34.5 Å². The third-order valence-corrected chi connectivity index (χ3v) is 5.25. The van der Waals surface area contributed by atoms with Gasteiger partial charge in [-0.1, -0.05) is 0 Å². The van der Waals surface area contributed by atoms with Crippen molar-refractivity contribution < 1.29 is 9.47 Å². The molecule has 28 heavy (non-hydrogen) atoms. The minimum absolute atomic E-state index is 0.154. The SMILES string of the molecule is CC1(C)OCCn2c1nc1c(N3CCOCC3)nc(-c3ccc(=O)[nH]c3)nc12. The molecule has 3 aromatic rings. The number of fused-ring (bicyclic) bond motifs is 3. The second-order valence-electron chi connectivity index (χ2n) is 7.53. The quantitative estimate of drug-likeness (QED) is 0.713. The Hall–Kier alpha value is -2.78. The molecular weight excluding hydrogens is 360 g/mol. The smallest absolute Gasteiger partial charge is 0.247 e. The lowest BCUT2D eigenvalue weighted by atomic mass is 10.1. The predicted molar refractivity (Wildman–Crippen MR) is 103 cm³/mol. The van der Waals surface area contributed by atoms with Gasteiger partial charge in [0.15, 0.2) is 22.8 Å². The standard InChI is InChI=1S/C19H22N6O3/c1-19(2)18-21-14-16(24-5-8-27-9-6-24)22-15(12-3-4-13(26)20-11-12)23-17(14)25(18)7-10-28-19/h3-4,11H,5-10H2,1-2H3,(H,20,26). The van der Waals surface area contributed by atoms with Crippen molar-refractivity contribution in [1.29, 1.82) is 0 Å². The summed E-state index contributed by atoms with van der Waals surface area (Å²) in [5.74, 6) is 2.22. The molecule has 0 amide bonds. The molecule has 0 radical (unpaired) electrons. The molecule has 0 aliphatic carbocycles. The first-order chi connectivity index (χ1) is 13.5. The van der Waals surface area contributed by atoms with Gasteiger partial charge in [0.25, 0.3) is 0 Å². The Morgan fingerprint density at radius 2 is 1.89 bits per heavy atom. The monoisotopic (exact) mass is 382 g/mol. The molecule has 1 saturated heterocycles. The van der Waals surface area contributed by atoms with Crippen molar-refractivity contribution in [2.75, 3.05) is 37.8 Å². The van der Waals surface area contributed by atoms with E-state index >= 15 is 0 Å². The van der Waals surface area contributed by atoms with Gasteiger partial charge in [0, 0.05) is 37.5 Å². The van der Waals surface area contributed by atoms with E-state index in [1.54, 1.807) is 12.3 Å². The predicted octanol–water partition coefficient (Wildman–Crippen LogP) is 1.28. The van der Waals surface area contributed by atoms with Crippen LogP contribution in [0.2, 0.25) is 0 Å². The highest BCUT2D eigenvalue weighted by atomic mass is 16.5. The summed E-state index contributed by atoms with van der Waals surface area (Å²) < 4.78 is 13.6. The minimum atomic E-state index is -0.487. The van der Waals surface area contributed by atoms with Gasteiger partial charge in [0.1, 0.15) is 11.4 Å². The molecule has 0 atom stereocenters. The fourth-order valence-corrected chi connectivity index (χ4v) is 3.79. The lowest BCUT2D eigenvalue weighted by Crippen LogP contribution is -2.37. The number of nitrogens with zero attached hydrogens (tertiary/aromatic N) is 5. The Morgan fingerprint density at radius 3 is 2.64 bits per heavy atom. The summed E-state index contributed by atoms with van der Waals surface area (Å²) in [5.41, 5.74) is 1.70. The first-order valence-corrected chi connectivity index (χ1v) is 9.47. The summed E-state index contributed by atoms with van der Waals surface area (Å²) in [4.78, 5) is 30.9. The van der Waals surface area contributed by atoms with E-state index < -0.39 is 5.60 Å². The number of imidazole rings is 1. The van der Waals surface area contributed by atoms with E-state index in [4.69, 9.17) is 24.4 Å². The van der Waals surface area contributed by atoms with Crippen LogP contribution in [-0.2, 0) is 21.6 Å². The largest absolute Gasteiger partial charge is 0.378 e. The lowest BCUT2D eigenvalue weighted by molar-refractivity contribution is -0.0530. The van der Waals surface area contributed by atoms with E-state index in [-0.39, 0.29) is 5.56 Å². The van der Waals surface area contributed by atoms with E-state index in [2.05, 4.69) is 14.5 Å². The topological polar surface area (TPSA) is 98.2 Å². The van der Waals surface area contributed by atoms with Crippen LogP contribution in [0.25, 0.3) is 22.6 Å². The Morgan fingerprint density at radius 1 is 1.07 bits per heavy atom. The summed E-state index contributed by atoms with van der Waals surface area (Å²) in [6.45, 7) is 8.15. The van der Waals surface area contributed by atoms with Crippen LogP contribution in [0.15, 0.2) is 23.1 Å². The van der Waals surface area contributed by atoms with Crippen LogP contribution < -0.4 is 10.5 Å². The molecule has 1 fully saturated rings. The summed E-state index contributed by atoms with van der Waals surface area (Å²) in [5, 5.41) is 0. The van der Waals surface area contributed by atoms with Gasteiger partial charge in [-0.3, -0.25) is 4.79 Å². The third-order valence-electron chi connectivity index (χ3n) is 5.25. The second-order valence-corrected chi connectivity index (χ2v) is 7.53. The number of hydrogen-bond donors (Lipinski definition) is 1. The number of hydrogen-bond acceptors (Lipinski definition) is 7. The van der Waals surface area contributed by atoms with Crippen LogP contribution >= 0.6 is 0 Å². The van der Waals surface area contributed by atoms with Crippen LogP contribution in [0.1, 0.15) is 19.7 Å². The molecule has 3 aromatic heterocycles. The highest BCUT2D eigenvalue weighted by Crippen LogP contribution is 2.34. The average Bonchev–Trinajstić information content (AvgIpc) is 3.09. The Kier molecular flexibility index (Phi) is 3.95. The normalized spacial score (nSPS) is 19.0. The molecule has 1 N–H and O–H groups in total. The number of nitrogens with one attached hydrogen (secondary N) is 1.